The average molecular weight is 525 g/mol. The van der Waals surface area contributed by atoms with Crippen molar-refractivity contribution in [2.75, 3.05) is 13.1 Å². The number of aliphatic hydroxyl groups is 1. The summed E-state index contributed by atoms with van der Waals surface area (Å²) in [4.78, 5) is 19.6. The molecule has 9 nitrogen and oxygen atoms in total. The topological polar surface area (TPSA) is 133 Å². The van der Waals surface area contributed by atoms with Crippen molar-refractivity contribution in [1.82, 2.24) is 20.6 Å². The third-order valence-corrected chi connectivity index (χ3v) is 8.45. The molecule has 2 aromatic carbocycles. The van der Waals surface area contributed by atoms with Gasteiger partial charge in [-0.2, -0.15) is 13.2 Å². The fourth-order valence-corrected chi connectivity index (χ4v) is 5.95. The number of imidazole rings is 1. The van der Waals surface area contributed by atoms with Gasteiger partial charge < -0.3 is 25.5 Å². The molecule has 4 N–H and O–H groups in total. The number of carbonyl (C=O) groups excluding carboxylic acids is 1. The Morgan fingerprint density at radius 3 is 2.17 bits per heavy atom. The van der Waals surface area contributed by atoms with Gasteiger partial charge in [-0.05, 0) is 74.5 Å². The van der Waals surface area contributed by atoms with Crippen molar-refractivity contribution < 1.29 is 36.2 Å². The Kier molecular flexibility index (Phi) is 7.07. The maximum atomic E-state index is 13.7. The van der Waals surface area contributed by atoms with Gasteiger partial charge in [-0.15, -0.1) is 0 Å². The lowest BCUT2D eigenvalue weighted by Crippen LogP contribution is -2.58. The summed E-state index contributed by atoms with van der Waals surface area (Å²) in [6, 6.07) is 9.33. The van der Waals surface area contributed by atoms with E-state index in [0.29, 0.717) is 0 Å². The second-order valence-electron chi connectivity index (χ2n) is 8.19. The summed E-state index contributed by atoms with van der Waals surface area (Å²) in [6.45, 7) is 0.553. The first kappa shape index (κ1) is 25.7. The van der Waals surface area contributed by atoms with Gasteiger partial charge in [0.2, 0.25) is 5.91 Å². The van der Waals surface area contributed by atoms with E-state index in [9.17, 15) is 31.5 Å². The molecule has 0 spiro atoms. The van der Waals surface area contributed by atoms with Crippen LogP contribution in [0.3, 0.4) is 0 Å². The number of piperidine rings is 1. The van der Waals surface area contributed by atoms with Crippen molar-refractivity contribution in [2.45, 2.75) is 34.9 Å². The van der Waals surface area contributed by atoms with Crippen LogP contribution in [0.25, 0.3) is 0 Å². The first-order valence-electron chi connectivity index (χ1n) is 10.9. The summed E-state index contributed by atoms with van der Waals surface area (Å²) >= 11 is 0. The Labute approximate surface area is 204 Å². The van der Waals surface area contributed by atoms with Crippen LogP contribution in [0, 0.1) is 0 Å². The van der Waals surface area contributed by atoms with Crippen LogP contribution < -0.4 is 15.4 Å². The monoisotopic (exact) mass is 524 g/mol. The Bertz CT molecular complexity index is 1290. The van der Waals surface area contributed by atoms with Gasteiger partial charge in [0.05, 0.1) is 10.5 Å². The zero-order chi connectivity index (χ0) is 26.0. The van der Waals surface area contributed by atoms with Gasteiger partial charge in [-0.25, -0.2) is 13.4 Å². The number of hydrogen-bond donors (Lipinski definition) is 4. The molecule has 1 aliphatic heterocycles. The molecular weight excluding hydrogens is 501 g/mol. The lowest BCUT2D eigenvalue weighted by molar-refractivity contribution is -0.137. The number of aliphatic hydroxyl groups excluding tert-OH is 1. The Balaban J connectivity index is 1.55. The van der Waals surface area contributed by atoms with Gasteiger partial charge in [0, 0.05) is 12.4 Å². The zero-order valence-corrected chi connectivity index (χ0v) is 19.6. The van der Waals surface area contributed by atoms with E-state index in [1.807, 2.05) is 0 Å². The summed E-state index contributed by atoms with van der Waals surface area (Å²) in [5.41, 5.74) is -0.820. The van der Waals surface area contributed by atoms with Gasteiger partial charge in [0.25, 0.3) is 0 Å². The van der Waals surface area contributed by atoms with E-state index in [2.05, 4.69) is 20.6 Å². The van der Waals surface area contributed by atoms with E-state index in [1.165, 1.54) is 36.7 Å². The van der Waals surface area contributed by atoms with Crippen molar-refractivity contribution >= 4 is 15.7 Å². The number of H-pyrrole nitrogens is 1. The van der Waals surface area contributed by atoms with E-state index in [-0.39, 0.29) is 48.2 Å². The van der Waals surface area contributed by atoms with Crippen molar-refractivity contribution in [3.63, 3.8) is 0 Å². The van der Waals surface area contributed by atoms with Crippen LogP contribution in [0.15, 0.2) is 65.8 Å². The molecule has 0 saturated carbocycles. The number of amides is 1. The predicted molar refractivity (Wildman–Crippen MR) is 122 cm³/mol. The van der Waals surface area contributed by atoms with Crippen LogP contribution in [0.5, 0.6) is 11.5 Å². The van der Waals surface area contributed by atoms with Gasteiger partial charge >= 0.3 is 6.18 Å². The molecule has 0 aliphatic carbocycles. The highest BCUT2D eigenvalue weighted by Crippen LogP contribution is 2.36. The number of nitrogens with zero attached hydrogens (tertiary/aromatic N) is 1. The molecule has 1 atom stereocenters. The third-order valence-electron chi connectivity index (χ3n) is 5.94. The molecule has 192 valence electrons. The van der Waals surface area contributed by atoms with Crippen molar-refractivity contribution in [2.24, 2.45) is 0 Å². The number of sulfone groups is 1. The molecule has 1 amide bonds. The molecular formula is C23H23F3N4O5S. The highest BCUT2D eigenvalue weighted by atomic mass is 32.2. The first-order chi connectivity index (χ1) is 17.0. The molecule has 4 rings (SSSR count). The number of carbonyl (C=O) groups is 1. The number of rotatable bonds is 7. The van der Waals surface area contributed by atoms with E-state index >= 15 is 0 Å². The van der Waals surface area contributed by atoms with Crippen LogP contribution in [-0.2, 0) is 20.8 Å². The number of aromatic amines is 1. The van der Waals surface area contributed by atoms with Crippen LogP contribution in [0.2, 0.25) is 0 Å². The van der Waals surface area contributed by atoms with Gasteiger partial charge in [0.15, 0.2) is 26.6 Å². The van der Waals surface area contributed by atoms with E-state index < -0.39 is 38.5 Å². The number of nitrogens with one attached hydrogen (secondary N) is 3. The largest absolute Gasteiger partial charge is 0.457 e. The minimum atomic E-state index is -4.47. The standard InChI is InChI=1S/C23H23F3N4O5S/c24-23(25,26)15-1-3-16(4-2-15)35-17-5-7-18(8-6-17)36(33,34)22(9-11-27-12-10-22)21(32)30-20(31)19-28-13-14-29-19/h1-8,13-14,20,27,31H,9-12H2,(H,28,29)(H,30,32). The highest BCUT2D eigenvalue weighted by Gasteiger charge is 2.52. The lowest BCUT2D eigenvalue weighted by Gasteiger charge is -2.36. The molecule has 0 bridgehead atoms. The maximum Gasteiger partial charge on any atom is 0.416 e. The second kappa shape index (κ2) is 9.91. The Morgan fingerprint density at radius 1 is 1.06 bits per heavy atom. The maximum absolute atomic E-state index is 13.7. The SMILES string of the molecule is O=C(NC(O)c1ncc[nH]1)C1(S(=O)(=O)c2ccc(Oc3ccc(C(F)(F)F)cc3)cc2)CCNCC1. The van der Waals surface area contributed by atoms with Gasteiger partial charge in [-0.3, -0.25) is 4.79 Å². The molecule has 1 aromatic heterocycles. The zero-order valence-electron chi connectivity index (χ0n) is 18.7. The third kappa shape index (κ3) is 5.08. The summed E-state index contributed by atoms with van der Waals surface area (Å²) in [5.74, 6) is -0.446. The van der Waals surface area contributed by atoms with Gasteiger partial charge in [-0.1, -0.05) is 0 Å². The molecule has 1 unspecified atom stereocenters. The molecule has 1 fully saturated rings. The number of hydrogen-bond acceptors (Lipinski definition) is 7. The van der Waals surface area contributed by atoms with E-state index in [4.69, 9.17) is 4.74 Å². The predicted octanol–water partition coefficient (Wildman–Crippen LogP) is 2.92. The normalized spacial score (nSPS) is 16.8. The number of ether oxygens (including phenoxy) is 1. The summed E-state index contributed by atoms with van der Waals surface area (Å²) < 4.78 is 69.3. The van der Waals surface area contributed by atoms with Crippen LogP contribution in [-0.4, -0.2) is 47.2 Å². The number of benzene rings is 2. The summed E-state index contributed by atoms with van der Waals surface area (Å²) in [7, 11) is -4.22. The number of alkyl halides is 3. The molecule has 3 aromatic rings. The van der Waals surface area contributed by atoms with Gasteiger partial charge in [0.1, 0.15) is 11.5 Å². The van der Waals surface area contributed by atoms with E-state index in [1.54, 1.807) is 0 Å². The smallest absolute Gasteiger partial charge is 0.416 e. The fraction of sp³-hybridized carbons (Fsp3) is 0.304. The molecule has 0 radical (unpaired) electrons. The molecule has 2 heterocycles. The fourth-order valence-electron chi connectivity index (χ4n) is 3.96. The highest BCUT2D eigenvalue weighted by molar-refractivity contribution is 7.93. The molecule has 1 aliphatic rings. The van der Waals surface area contributed by atoms with E-state index in [0.717, 1.165) is 24.3 Å². The molecule has 13 heteroatoms. The quantitative estimate of drug-likeness (QED) is 0.349. The minimum Gasteiger partial charge on any atom is -0.457 e. The van der Waals surface area contributed by atoms with Crippen LogP contribution in [0.4, 0.5) is 13.2 Å². The minimum absolute atomic E-state index is 0.0180. The number of halogens is 3. The molecule has 1 saturated heterocycles. The van der Waals surface area contributed by atoms with Crippen LogP contribution >= 0.6 is 0 Å². The Hall–Kier alpha value is -3.42. The summed E-state index contributed by atoms with van der Waals surface area (Å²) in [5, 5.41) is 15.7. The van der Waals surface area contributed by atoms with Crippen molar-refractivity contribution in [3.8, 4) is 11.5 Å². The van der Waals surface area contributed by atoms with Crippen LogP contribution in [0.1, 0.15) is 30.5 Å². The lowest BCUT2D eigenvalue weighted by atomic mass is 9.96. The van der Waals surface area contributed by atoms with Crippen molar-refractivity contribution in [3.05, 3.63) is 72.3 Å². The Morgan fingerprint density at radius 2 is 1.64 bits per heavy atom. The number of aromatic nitrogens is 2. The summed E-state index contributed by atoms with van der Waals surface area (Å²) in [6.07, 6.45) is -3.19. The van der Waals surface area contributed by atoms with Crippen molar-refractivity contribution in [1.29, 1.82) is 0 Å². The second-order valence-corrected chi connectivity index (χ2v) is 10.5. The molecule has 36 heavy (non-hydrogen) atoms. The average Bonchev–Trinajstić information content (AvgIpc) is 3.40. The first-order valence-corrected chi connectivity index (χ1v) is 12.4.